The number of aryl methyl sites for hydroxylation is 7. The second kappa shape index (κ2) is 9.10. The fourth-order valence-corrected chi connectivity index (χ4v) is 5.19. The maximum Gasteiger partial charge on any atom is 0.242 e. The second-order valence-corrected chi connectivity index (χ2v) is 8.95. The molecule has 3 rings (SSSR count). The molecule has 0 aliphatic heterocycles. The molecule has 0 spiro atoms. The van der Waals surface area contributed by atoms with Gasteiger partial charge in [0.05, 0.1) is 5.71 Å². The third-order valence-electron chi connectivity index (χ3n) is 6.36. The summed E-state index contributed by atoms with van der Waals surface area (Å²) < 4.78 is 0. The van der Waals surface area contributed by atoms with E-state index in [4.69, 9.17) is 0 Å². The van der Waals surface area contributed by atoms with Gasteiger partial charge in [-0.25, -0.2) is 0 Å². The summed E-state index contributed by atoms with van der Waals surface area (Å²) in [5, 5.41) is 0. The van der Waals surface area contributed by atoms with E-state index in [9.17, 15) is 0 Å². The zero-order valence-electron chi connectivity index (χ0n) is 20.4. The lowest BCUT2D eigenvalue weighted by molar-refractivity contribution is 1.34. The van der Waals surface area contributed by atoms with Gasteiger partial charge in [-0.1, -0.05) is 98.8 Å². The summed E-state index contributed by atoms with van der Waals surface area (Å²) in [7, 11) is 1.84. The largest absolute Gasteiger partial charge is 0.288 e. The Morgan fingerprint density at radius 1 is 0.710 bits per heavy atom. The van der Waals surface area contributed by atoms with Gasteiger partial charge in [-0.05, 0) is 60.1 Å². The highest BCUT2D eigenvalue weighted by Crippen LogP contribution is 2.15. The maximum absolute atomic E-state index is 4.48. The number of aliphatic imine (C=N–C) groups is 1. The third kappa shape index (κ3) is 4.44. The Kier molecular flexibility index (Phi) is 6.69. The van der Waals surface area contributed by atoms with Crippen LogP contribution in [-0.4, -0.2) is 19.5 Å². The van der Waals surface area contributed by atoms with E-state index in [2.05, 4.69) is 103 Å². The molecule has 0 fully saturated rings. The zero-order chi connectivity index (χ0) is 22.9. The molecule has 158 valence electrons. The normalized spacial score (nSPS) is 11.5. The van der Waals surface area contributed by atoms with Crippen LogP contribution in [0.1, 0.15) is 44.5 Å². The SMILES string of the molecule is C=C/C(=N/C)c1cc(B(c2c(C)cc(C)cc2C)c2c(C)cc(C)cc2C)ccc1C. The highest BCUT2D eigenvalue weighted by molar-refractivity contribution is 6.96. The van der Waals surface area contributed by atoms with Crippen LogP contribution in [0, 0.1) is 48.5 Å². The summed E-state index contributed by atoms with van der Waals surface area (Å²) in [4.78, 5) is 4.48. The molecular formula is C29H34BN. The smallest absolute Gasteiger partial charge is 0.242 e. The highest BCUT2D eigenvalue weighted by Gasteiger charge is 2.28. The maximum atomic E-state index is 4.48. The van der Waals surface area contributed by atoms with Gasteiger partial charge < -0.3 is 0 Å². The van der Waals surface area contributed by atoms with Crippen molar-refractivity contribution in [1.29, 1.82) is 0 Å². The predicted molar refractivity (Wildman–Crippen MR) is 140 cm³/mol. The van der Waals surface area contributed by atoms with Gasteiger partial charge in [-0.3, -0.25) is 4.99 Å². The first-order valence-corrected chi connectivity index (χ1v) is 11.0. The van der Waals surface area contributed by atoms with Gasteiger partial charge >= 0.3 is 0 Å². The molecule has 0 unspecified atom stereocenters. The highest BCUT2D eigenvalue weighted by atomic mass is 14.7. The molecule has 0 radical (unpaired) electrons. The molecule has 1 nitrogen and oxygen atoms in total. The van der Waals surface area contributed by atoms with Crippen LogP contribution >= 0.6 is 0 Å². The molecule has 0 N–H and O–H groups in total. The van der Waals surface area contributed by atoms with E-state index in [1.807, 2.05) is 13.1 Å². The second-order valence-electron chi connectivity index (χ2n) is 8.95. The first kappa shape index (κ1) is 22.8. The van der Waals surface area contributed by atoms with Crippen LogP contribution in [0.2, 0.25) is 0 Å². The van der Waals surface area contributed by atoms with Crippen LogP contribution in [0.25, 0.3) is 0 Å². The van der Waals surface area contributed by atoms with Crippen LogP contribution in [0.15, 0.2) is 60.1 Å². The minimum atomic E-state index is 0.170. The predicted octanol–water partition coefficient (Wildman–Crippen LogP) is 4.97. The Hall–Kier alpha value is -2.87. The van der Waals surface area contributed by atoms with Crippen LogP contribution < -0.4 is 16.4 Å². The molecule has 0 bridgehead atoms. The molecular weight excluding hydrogens is 373 g/mol. The van der Waals surface area contributed by atoms with Gasteiger partial charge in [-0.2, -0.15) is 0 Å². The van der Waals surface area contributed by atoms with Gasteiger partial charge in [0.1, 0.15) is 0 Å². The van der Waals surface area contributed by atoms with Crippen molar-refractivity contribution in [1.82, 2.24) is 0 Å². The molecule has 0 saturated carbocycles. The molecule has 3 aromatic rings. The molecule has 0 heterocycles. The van der Waals surface area contributed by atoms with Crippen molar-refractivity contribution < 1.29 is 0 Å². The summed E-state index contributed by atoms with van der Waals surface area (Å²) in [6.07, 6.45) is 1.85. The van der Waals surface area contributed by atoms with E-state index >= 15 is 0 Å². The summed E-state index contributed by atoms with van der Waals surface area (Å²) >= 11 is 0. The molecule has 3 aromatic carbocycles. The Morgan fingerprint density at radius 2 is 1.16 bits per heavy atom. The van der Waals surface area contributed by atoms with Gasteiger partial charge in [0.2, 0.25) is 6.71 Å². The quantitative estimate of drug-likeness (QED) is 0.419. The lowest BCUT2D eigenvalue weighted by Gasteiger charge is -2.25. The molecule has 2 heteroatoms. The zero-order valence-corrected chi connectivity index (χ0v) is 20.4. The van der Waals surface area contributed by atoms with Crippen molar-refractivity contribution in [3.8, 4) is 0 Å². The molecule has 0 saturated heterocycles. The standard InChI is InChI=1S/C29H34BN/c1-10-27(31-9)26-17-25(12-11-20(26)4)30(28-21(5)13-18(2)14-22(28)6)29-23(7)15-19(3)16-24(29)8/h10-17H,1H2,2-9H3/b31-27-. The summed E-state index contributed by atoms with van der Waals surface area (Å²) in [5.74, 6) is 0. The summed E-state index contributed by atoms with van der Waals surface area (Å²) in [6.45, 7) is 19.7. The van der Waals surface area contributed by atoms with Crippen LogP contribution in [0.4, 0.5) is 0 Å². The molecule has 0 aliphatic carbocycles. The van der Waals surface area contributed by atoms with Crippen molar-refractivity contribution in [3.63, 3.8) is 0 Å². The van der Waals surface area contributed by atoms with Crippen molar-refractivity contribution in [3.05, 3.63) is 99.6 Å². The Bertz CT molecular complexity index is 1080. The first-order valence-electron chi connectivity index (χ1n) is 11.0. The lowest BCUT2D eigenvalue weighted by Crippen LogP contribution is -2.56. The number of allylic oxidation sites excluding steroid dienone is 1. The van der Waals surface area contributed by atoms with Crippen molar-refractivity contribution in [2.45, 2.75) is 48.5 Å². The van der Waals surface area contributed by atoms with Gasteiger partial charge in [0.25, 0.3) is 0 Å². The number of hydrogen-bond donors (Lipinski definition) is 0. The van der Waals surface area contributed by atoms with E-state index in [1.54, 1.807) is 0 Å². The molecule has 0 aliphatic rings. The van der Waals surface area contributed by atoms with Gasteiger partial charge in [0, 0.05) is 12.6 Å². The topological polar surface area (TPSA) is 12.4 Å². The van der Waals surface area contributed by atoms with Crippen LogP contribution in [0.3, 0.4) is 0 Å². The van der Waals surface area contributed by atoms with Crippen LogP contribution in [0.5, 0.6) is 0 Å². The monoisotopic (exact) mass is 407 g/mol. The average molecular weight is 407 g/mol. The third-order valence-corrected chi connectivity index (χ3v) is 6.36. The van der Waals surface area contributed by atoms with E-state index in [0.717, 1.165) is 11.3 Å². The average Bonchev–Trinajstić information content (AvgIpc) is 2.67. The van der Waals surface area contributed by atoms with E-state index in [1.165, 1.54) is 55.3 Å². The fourth-order valence-electron chi connectivity index (χ4n) is 5.19. The fraction of sp³-hybridized carbons (Fsp3) is 0.276. The van der Waals surface area contributed by atoms with Gasteiger partial charge in [-0.15, -0.1) is 0 Å². The van der Waals surface area contributed by atoms with E-state index in [-0.39, 0.29) is 6.71 Å². The Morgan fingerprint density at radius 3 is 1.55 bits per heavy atom. The number of hydrogen-bond acceptors (Lipinski definition) is 1. The first-order chi connectivity index (χ1) is 14.7. The number of rotatable bonds is 5. The summed E-state index contributed by atoms with van der Waals surface area (Å²) in [6, 6.07) is 16.1. The van der Waals surface area contributed by atoms with Gasteiger partial charge in [0.15, 0.2) is 0 Å². The van der Waals surface area contributed by atoms with Crippen molar-refractivity contribution in [2.75, 3.05) is 7.05 Å². The molecule has 31 heavy (non-hydrogen) atoms. The molecule has 0 atom stereocenters. The number of benzene rings is 3. The minimum absolute atomic E-state index is 0.170. The molecule has 0 aromatic heterocycles. The van der Waals surface area contributed by atoms with E-state index in [0.29, 0.717) is 0 Å². The van der Waals surface area contributed by atoms with Crippen LogP contribution in [-0.2, 0) is 0 Å². The minimum Gasteiger partial charge on any atom is -0.288 e. The lowest BCUT2D eigenvalue weighted by atomic mass is 9.34. The summed E-state index contributed by atoms with van der Waals surface area (Å²) in [5.41, 5.74) is 15.4. The molecule has 0 amide bonds. The Balaban J connectivity index is 2.40. The van der Waals surface area contributed by atoms with Crippen molar-refractivity contribution >= 4 is 28.8 Å². The van der Waals surface area contributed by atoms with Crippen molar-refractivity contribution in [2.24, 2.45) is 4.99 Å². The van der Waals surface area contributed by atoms with E-state index < -0.39 is 0 Å². The number of nitrogens with zero attached hydrogens (tertiary/aromatic N) is 1. The Labute approximate surface area is 189 Å².